The molecule has 1 unspecified atom stereocenters. The van der Waals surface area contributed by atoms with Crippen LogP contribution in [-0.2, 0) is 0 Å². The molecule has 3 rings (SSSR count). The van der Waals surface area contributed by atoms with Crippen LogP contribution in [0.1, 0.15) is 74.6 Å². The van der Waals surface area contributed by atoms with Gasteiger partial charge in [0.15, 0.2) is 0 Å². The van der Waals surface area contributed by atoms with Crippen LogP contribution in [0.3, 0.4) is 0 Å². The highest BCUT2D eigenvalue weighted by atomic mass is 32.2. The van der Waals surface area contributed by atoms with Gasteiger partial charge in [0, 0.05) is 24.2 Å². The molecule has 3 nitrogen and oxygen atoms in total. The van der Waals surface area contributed by atoms with E-state index in [-0.39, 0.29) is 0 Å². The molecular formula is C16H25N3S. The van der Waals surface area contributed by atoms with Crippen molar-refractivity contribution >= 4 is 17.6 Å². The van der Waals surface area contributed by atoms with Gasteiger partial charge >= 0.3 is 0 Å². The van der Waals surface area contributed by atoms with Gasteiger partial charge in [0.1, 0.15) is 11.6 Å². The summed E-state index contributed by atoms with van der Waals surface area (Å²) in [6.07, 6.45) is 9.02. The Kier molecular flexibility index (Phi) is 4.81. The summed E-state index contributed by atoms with van der Waals surface area (Å²) in [7, 11) is 0. The third-order valence-corrected chi connectivity index (χ3v) is 5.68. The van der Waals surface area contributed by atoms with E-state index in [9.17, 15) is 0 Å². The molecular weight excluding hydrogens is 266 g/mol. The zero-order valence-electron chi connectivity index (χ0n) is 12.4. The van der Waals surface area contributed by atoms with Crippen molar-refractivity contribution in [3.63, 3.8) is 0 Å². The standard InChI is InChI=1S/C16H25N3S/c1-2-9-17-15-11-13(12-6-3-4-7-12)18-16(19-15)14-8-5-10-20-14/h11-12,14H,2-10H2,1H3,(H,17,18,19). The lowest BCUT2D eigenvalue weighted by Gasteiger charge is -2.15. The number of nitrogens with zero attached hydrogens (tertiary/aromatic N) is 2. The van der Waals surface area contributed by atoms with Gasteiger partial charge in [-0.3, -0.25) is 0 Å². The fourth-order valence-corrected chi connectivity index (χ4v) is 4.39. The van der Waals surface area contributed by atoms with Crippen LogP contribution in [0.5, 0.6) is 0 Å². The Morgan fingerprint density at radius 2 is 2.05 bits per heavy atom. The fourth-order valence-electron chi connectivity index (χ4n) is 3.18. The van der Waals surface area contributed by atoms with E-state index in [1.165, 1.54) is 50.0 Å². The maximum atomic E-state index is 4.93. The molecule has 0 bridgehead atoms. The van der Waals surface area contributed by atoms with Crippen LogP contribution in [-0.4, -0.2) is 22.3 Å². The minimum atomic E-state index is 0.526. The van der Waals surface area contributed by atoms with E-state index in [0.717, 1.165) is 24.6 Å². The van der Waals surface area contributed by atoms with Crippen LogP contribution in [0.25, 0.3) is 0 Å². The van der Waals surface area contributed by atoms with E-state index in [1.54, 1.807) is 0 Å². The summed E-state index contributed by atoms with van der Waals surface area (Å²) in [5.74, 6) is 4.06. The minimum Gasteiger partial charge on any atom is -0.370 e. The molecule has 1 aromatic heterocycles. The van der Waals surface area contributed by atoms with E-state index in [1.807, 2.05) is 11.8 Å². The summed E-state index contributed by atoms with van der Waals surface area (Å²) in [5.41, 5.74) is 1.29. The van der Waals surface area contributed by atoms with Gasteiger partial charge in [-0.2, -0.15) is 11.8 Å². The first kappa shape index (κ1) is 14.2. The number of hydrogen-bond acceptors (Lipinski definition) is 4. The first-order valence-corrected chi connectivity index (χ1v) is 9.16. The predicted octanol–water partition coefficient (Wildman–Crippen LogP) is 4.52. The second kappa shape index (κ2) is 6.79. The number of anilines is 1. The first-order valence-electron chi connectivity index (χ1n) is 8.11. The van der Waals surface area contributed by atoms with Crippen LogP contribution in [0.15, 0.2) is 6.07 Å². The Hall–Kier alpha value is -0.770. The number of aromatic nitrogens is 2. The van der Waals surface area contributed by atoms with E-state index in [4.69, 9.17) is 9.97 Å². The molecule has 0 aromatic carbocycles. The smallest absolute Gasteiger partial charge is 0.143 e. The SMILES string of the molecule is CCCNc1cc(C2CCCC2)nc(C2CCCS2)n1. The second-order valence-corrected chi connectivity index (χ2v) is 7.26. The van der Waals surface area contributed by atoms with Crippen molar-refractivity contribution in [2.75, 3.05) is 17.6 Å². The van der Waals surface area contributed by atoms with Crippen molar-refractivity contribution < 1.29 is 0 Å². The molecule has 20 heavy (non-hydrogen) atoms. The second-order valence-electron chi connectivity index (χ2n) is 5.95. The molecule has 2 fully saturated rings. The number of nitrogens with one attached hydrogen (secondary N) is 1. The van der Waals surface area contributed by atoms with Gasteiger partial charge < -0.3 is 5.32 Å². The van der Waals surface area contributed by atoms with Gasteiger partial charge in [0.2, 0.25) is 0 Å². The van der Waals surface area contributed by atoms with Crippen LogP contribution >= 0.6 is 11.8 Å². The zero-order chi connectivity index (χ0) is 13.8. The average molecular weight is 291 g/mol. The Labute approximate surface area is 126 Å². The Bertz CT molecular complexity index is 403. The lowest BCUT2D eigenvalue weighted by atomic mass is 10.0. The summed E-state index contributed by atoms with van der Waals surface area (Å²) in [4.78, 5) is 9.71. The van der Waals surface area contributed by atoms with Gasteiger partial charge in [-0.25, -0.2) is 9.97 Å². The van der Waals surface area contributed by atoms with Crippen molar-refractivity contribution in [2.45, 2.75) is 63.0 Å². The maximum Gasteiger partial charge on any atom is 0.143 e. The number of hydrogen-bond donors (Lipinski definition) is 1. The molecule has 1 saturated heterocycles. The first-order chi connectivity index (χ1) is 9.86. The molecule has 110 valence electrons. The molecule has 1 aliphatic heterocycles. The molecule has 0 amide bonds. The maximum absolute atomic E-state index is 4.93. The zero-order valence-corrected chi connectivity index (χ0v) is 13.2. The van der Waals surface area contributed by atoms with Crippen molar-refractivity contribution in [3.05, 3.63) is 17.6 Å². The fraction of sp³-hybridized carbons (Fsp3) is 0.750. The minimum absolute atomic E-state index is 0.526. The molecule has 1 aliphatic carbocycles. The van der Waals surface area contributed by atoms with E-state index in [0.29, 0.717) is 11.2 Å². The van der Waals surface area contributed by atoms with Crippen LogP contribution < -0.4 is 5.32 Å². The topological polar surface area (TPSA) is 37.8 Å². The highest BCUT2D eigenvalue weighted by Gasteiger charge is 2.24. The molecule has 4 heteroatoms. The van der Waals surface area contributed by atoms with Crippen LogP contribution in [0.4, 0.5) is 5.82 Å². The Morgan fingerprint density at radius 1 is 1.20 bits per heavy atom. The summed E-state index contributed by atoms with van der Waals surface area (Å²) < 4.78 is 0. The van der Waals surface area contributed by atoms with Crippen molar-refractivity contribution in [1.29, 1.82) is 0 Å². The quantitative estimate of drug-likeness (QED) is 0.865. The largest absolute Gasteiger partial charge is 0.370 e. The highest BCUT2D eigenvalue weighted by molar-refractivity contribution is 7.99. The molecule has 2 aliphatic rings. The third kappa shape index (κ3) is 3.27. The summed E-state index contributed by atoms with van der Waals surface area (Å²) in [6.45, 7) is 3.19. The molecule has 1 N–H and O–H groups in total. The summed E-state index contributed by atoms with van der Waals surface area (Å²) in [6, 6.07) is 2.20. The number of thioether (sulfide) groups is 1. The van der Waals surface area contributed by atoms with Crippen molar-refractivity contribution in [2.24, 2.45) is 0 Å². The molecule has 2 heterocycles. The number of rotatable bonds is 5. The molecule has 0 radical (unpaired) electrons. The monoisotopic (exact) mass is 291 g/mol. The molecule has 1 saturated carbocycles. The van der Waals surface area contributed by atoms with Gasteiger partial charge in [-0.05, 0) is 37.9 Å². The van der Waals surface area contributed by atoms with Crippen LogP contribution in [0, 0.1) is 0 Å². The van der Waals surface area contributed by atoms with E-state index in [2.05, 4.69) is 18.3 Å². The van der Waals surface area contributed by atoms with E-state index < -0.39 is 0 Å². The lowest BCUT2D eigenvalue weighted by Crippen LogP contribution is -2.10. The normalized spacial score (nSPS) is 23.4. The van der Waals surface area contributed by atoms with Gasteiger partial charge in [0.25, 0.3) is 0 Å². The average Bonchev–Trinajstić information content (AvgIpc) is 3.17. The Balaban J connectivity index is 1.85. The van der Waals surface area contributed by atoms with Gasteiger partial charge in [-0.15, -0.1) is 0 Å². The van der Waals surface area contributed by atoms with E-state index >= 15 is 0 Å². The highest BCUT2D eigenvalue weighted by Crippen LogP contribution is 2.40. The Morgan fingerprint density at radius 3 is 2.75 bits per heavy atom. The molecule has 1 aromatic rings. The predicted molar refractivity (Wildman–Crippen MR) is 86.5 cm³/mol. The van der Waals surface area contributed by atoms with Crippen molar-refractivity contribution in [1.82, 2.24) is 9.97 Å². The summed E-state index contributed by atoms with van der Waals surface area (Å²) in [5, 5.41) is 3.99. The van der Waals surface area contributed by atoms with Gasteiger partial charge in [0.05, 0.1) is 5.25 Å². The third-order valence-electron chi connectivity index (χ3n) is 4.31. The van der Waals surface area contributed by atoms with Gasteiger partial charge in [-0.1, -0.05) is 19.8 Å². The summed E-state index contributed by atoms with van der Waals surface area (Å²) >= 11 is 2.03. The lowest BCUT2D eigenvalue weighted by molar-refractivity contribution is 0.675. The van der Waals surface area contributed by atoms with Crippen LogP contribution in [0.2, 0.25) is 0 Å². The van der Waals surface area contributed by atoms with Crippen molar-refractivity contribution in [3.8, 4) is 0 Å². The molecule has 1 atom stereocenters. The molecule has 0 spiro atoms.